The Bertz CT molecular complexity index is 533. The molecule has 5 nitrogen and oxygen atoms in total. The second-order valence-corrected chi connectivity index (χ2v) is 5.42. The van der Waals surface area contributed by atoms with Crippen LogP contribution in [0.3, 0.4) is 0 Å². The van der Waals surface area contributed by atoms with Crippen LogP contribution in [-0.2, 0) is 9.59 Å². The summed E-state index contributed by atoms with van der Waals surface area (Å²) >= 11 is 0. The molecule has 1 atom stereocenters. The summed E-state index contributed by atoms with van der Waals surface area (Å²) in [6.07, 6.45) is 1.67. The van der Waals surface area contributed by atoms with Crippen molar-refractivity contribution in [2.45, 2.75) is 18.9 Å². The predicted octanol–water partition coefficient (Wildman–Crippen LogP) is 1.32. The predicted molar refractivity (Wildman–Crippen MR) is 78.3 cm³/mol. The van der Waals surface area contributed by atoms with E-state index in [9.17, 15) is 14.0 Å². The lowest BCUT2D eigenvalue weighted by molar-refractivity contribution is -0.133. The van der Waals surface area contributed by atoms with Gasteiger partial charge in [-0.05, 0) is 37.6 Å². The number of likely N-dealkylation sites (tertiary alicyclic amines) is 1. The number of halogens is 1. The number of hydrogen-bond donors (Lipinski definition) is 1. The molecule has 1 N–H and O–H groups in total. The number of hydrogen-bond acceptors (Lipinski definition) is 3. The van der Waals surface area contributed by atoms with Crippen LogP contribution in [0.4, 0.5) is 10.1 Å². The fraction of sp³-hybridized carbons (Fsp3) is 0.467. The minimum Gasteiger partial charge on any atom is -0.347 e. The van der Waals surface area contributed by atoms with Crippen LogP contribution in [0.5, 0.6) is 0 Å². The third-order valence-electron chi connectivity index (χ3n) is 3.54. The minimum absolute atomic E-state index is 0.0195. The van der Waals surface area contributed by atoms with E-state index in [2.05, 4.69) is 5.32 Å². The van der Waals surface area contributed by atoms with E-state index in [0.29, 0.717) is 5.69 Å². The largest absolute Gasteiger partial charge is 0.347 e. The van der Waals surface area contributed by atoms with Crippen LogP contribution in [-0.4, -0.2) is 54.8 Å². The zero-order valence-corrected chi connectivity index (χ0v) is 12.3. The SMILES string of the molecule is CN(C)C(=O)[C@@H]1CCCN1CC(=O)Nc1cccc(F)c1. The summed E-state index contributed by atoms with van der Waals surface area (Å²) in [5, 5.41) is 2.65. The third kappa shape index (κ3) is 4.01. The van der Waals surface area contributed by atoms with Gasteiger partial charge in [0.1, 0.15) is 5.82 Å². The molecule has 21 heavy (non-hydrogen) atoms. The summed E-state index contributed by atoms with van der Waals surface area (Å²) < 4.78 is 13.1. The zero-order chi connectivity index (χ0) is 15.4. The highest BCUT2D eigenvalue weighted by Crippen LogP contribution is 2.18. The standard InChI is InChI=1S/C15H20FN3O2/c1-18(2)15(21)13-7-4-8-19(13)10-14(20)17-12-6-3-5-11(16)9-12/h3,5-6,9,13H,4,7-8,10H2,1-2H3,(H,17,20)/t13-/m0/s1. The van der Waals surface area contributed by atoms with E-state index >= 15 is 0 Å². The Hall–Kier alpha value is -1.95. The van der Waals surface area contributed by atoms with E-state index in [1.165, 1.54) is 12.1 Å². The summed E-state index contributed by atoms with van der Waals surface area (Å²) in [6.45, 7) is 0.863. The molecule has 1 heterocycles. The van der Waals surface area contributed by atoms with Crippen LogP contribution in [0, 0.1) is 5.82 Å². The maximum atomic E-state index is 13.1. The molecule has 2 amide bonds. The van der Waals surface area contributed by atoms with Gasteiger partial charge in [0.05, 0.1) is 12.6 Å². The number of nitrogens with one attached hydrogen (secondary N) is 1. The van der Waals surface area contributed by atoms with E-state index in [-0.39, 0.29) is 24.4 Å². The van der Waals surface area contributed by atoms with Gasteiger partial charge in [-0.15, -0.1) is 0 Å². The van der Waals surface area contributed by atoms with E-state index in [0.717, 1.165) is 19.4 Å². The summed E-state index contributed by atoms with van der Waals surface area (Å²) in [5.74, 6) is -0.611. The Labute approximate surface area is 123 Å². The van der Waals surface area contributed by atoms with Crippen molar-refractivity contribution in [3.05, 3.63) is 30.1 Å². The van der Waals surface area contributed by atoms with Crippen molar-refractivity contribution in [3.8, 4) is 0 Å². The molecule has 1 aromatic carbocycles. The van der Waals surface area contributed by atoms with Crippen molar-refractivity contribution >= 4 is 17.5 Å². The second kappa shape index (κ2) is 6.67. The Morgan fingerprint density at radius 3 is 2.86 bits per heavy atom. The lowest BCUT2D eigenvalue weighted by Gasteiger charge is -2.25. The van der Waals surface area contributed by atoms with Crippen LogP contribution in [0.25, 0.3) is 0 Å². The van der Waals surface area contributed by atoms with Gasteiger partial charge in [-0.3, -0.25) is 14.5 Å². The summed E-state index contributed by atoms with van der Waals surface area (Å²) in [7, 11) is 3.43. The Morgan fingerprint density at radius 1 is 1.43 bits per heavy atom. The molecular formula is C15H20FN3O2. The highest BCUT2D eigenvalue weighted by molar-refractivity contribution is 5.93. The van der Waals surface area contributed by atoms with Crippen LogP contribution in [0.2, 0.25) is 0 Å². The van der Waals surface area contributed by atoms with Crippen molar-refractivity contribution in [2.75, 3.05) is 32.5 Å². The monoisotopic (exact) mass is 293 g/mol. The van der Waals surface area contributed by atoms with Crippen molar-refractivity contribution < 1.29 is 14.0 Å². The number of anilines is 1. The molecule has 1 aromatic rings. The first kappa shape index (κ1) is 15.4. The Kier molecular flexibility index (Phi) is 4.90. The van der Waals surface area contributed by atoms with E-state index < -0.39 is 5.82 Å². The molecule has 0 radical (unpaired) electrons. The van der Waals surface area contributed by atoms with Gasteiger partial charge in [0.25, 0.3) is 0 Å². The van der Waals surface area contributed by atoms with Gasteiger partial charge in [-0.2, -0.15) is 0 Å². The molecule has 1 fully saturated rings. The molecule has 0 aromatic heterocycles. The molecule has 0 spiro atoms. The second-order valence-electron chi connectivity index (χ2n) is 5.42. The lowest BCUT2D eigenvalue weighted by atomic mass is 10.2. The number of amides is 2. The van der Waals surface area contributed by atoms with Gasteiger partial charge in [0, 0.05) is 19.8 Å². The molecule has 114 valence electrons. The number of carbonyl (C=O) groups is 2. The number of rotatable bonds is 4. The van der Waals surface area contributed by atoms with Gasteiger partial charge in [-0.25, -0.2) is 4.39 Å². The maximum Gasteiger partial charge on any atom is 0.239 e. The third-order valence-corrected chi connectivity index (χ3v) is 3.54. The molecule has 1 aliphatic rings. The van der Waals surface area contributed by atoms with Crippen molar-refractivity contribution in [1.82, 2.24) is 9.80 Å². The number of carbonyl (C=O) groups excluding carboxylic acids is 2. The average molecular weight is 293 g/mol. The van der Waals surface area contributed by atoms with Gasteiger partial charge >= 0.3 is 0 Å². The van der Waals surface area contributed by atoms with Crippen molar-refractivity contribution in [3.63, 3.8) is 0 Å². The number of benzene rings is 1. The fourth-order valence-electron chi connectivity index (χ4n) is 2.54. The van der Waals surface area contributed by atoms with E-state index in [1.54, 1.807) is 31.1 Å². The lowest BCUT2D eigenvalue weighted by Crippen LogP contribution is -2.45. The van der Waals surface area contributed by atoms with Crippen LogP contribution in [0.1, 0.15) is 12.8 Å². The first-order chi connectivity index (χ1) is 9.97. The van der Waals surface area contributed by atoms with Crippen molar-refractivity contribution in [1.29, 1.82) is 0 Å². The topological polar surface area (TPSA) is 52.7 Å². The molecule has 0 saturated carbocycles. The van der Waals surface area contributed by atoms with E-state index in [1.807, 2.05) is 4.90 Å². The molecule has 1 aliphatic heterocycles. The molecule has 0 unspecified atom stereocenters. The highest BCUT2D eigenvalue weighted by atomic mass is 19.1. The smallest absolute Gasteiger partial charge is 0.239 e. The van der Waals surface area contributed by atoms with Crippen LogP contribution in [0.15, 0.2) is 24.3 Å². The molecule has 1 saturated heterocycles. The highest BCUT2D eigenvalue weighted by Gasteiger charge is 2.32. The first-order valence-electron chi connectivity index (χ1n) is 6.98. The molecule has 6 heteroatoms. The average Bonchev–Trinajstić information content (AvgIpc) is 2.85. The minimum atomic E-state index is -0.394. The van der Waals surface area contributed by atoms with Gasteiger partial charge in [0.15, 0.2) is 0 Å². The normalized spacial score (nSPS) is 18.5. The summed E-state index contributed by atoms with van der Waals surface area (Å²) in [5.41, 5.74) is 0.426. The number of nitrogens with zero attached hydrogens (tertiary/aromatic N) is 2. The van der Waals surface area contributed by atoms with Crippen molar-refractivity contribution in [2.24, 2.45) is 0 Å². The first-order valence-corrected chi connectivity index (χ1v) is 6.98. The molecule has 0 aliphatic carbocycles. The number of likely N-dealkylation sites (N-methyl/N-ethyl adjacent to an activating group) is 1. The summed E-state index contributed by atoms with van der Waals surface area (Å²) in [4.78, 5) is 27.5. The summed E-state index contributed by atoms with van der Waals surface area (Å²) in [6, 6.07) is 5.53. The van der Waals surface area contributed by atoms with E-state index in [4.69, 9.17) is 0 Å². The quantitative estimate of drug-likeness (QED) is 0.911. The maximum absolute atomic E-state index is 13.1. The molecule has 0 bridgehead atoms. The van der Waals surface area contributed by atoms with Crippen LogP contribution < -0.4 is 5.32 Å². The molecular weight excluding hydrogens is 273 g/mol. The Morgan fingerprint density at radius 2 is 2.19 bits per heavy atom. The fourth-order valence-corrected chi connectivity index (χ4v) is 2.54. The van der Waals surface area contributed by atoms with Crippen LogP contribution >= 0.6 is 0 Å². The Balaban J connectivity index is 1.94. The van der Waals surface area contributed by atoms with Gasteiger partial charge in [0.2, 0.25) is 11.8 Å². The van der Waals surface area contributed by atoms with Gasteiger partial charge < -0.3 is 10.2 Å². The zero-order valence-electron chi connectivity index (χ0n) is 12.3. The van der Waals surface area contributed by atoms with Gasteiger partial charge in [-0.1, -0.05) is 6.07 Å². The molecule has 2 rings (SSSR count).